The summed E-state index contributed by atoms with van der Waals surface area (Å²) in [5, 5.41) is 0. The van der Waals surface area contributed by atoms with Crippen molar-refractivity contribution >= 4 is 8.02 Å². The smallest absolute Gasteiger partial charge is 0.187 e. The highest BCUT2D eigenvalue weighted by Gasteiger charge is 2.66. The maximum Gasteiger partial charge on any atom is 0.434 e. The monoisotopic (exact) mass is 247 g/mol. The minimum absolute atomic E-state index is 0.428. The third kappa shape index (κ3) is 1.81. The first-order valence-electron chi connectivity index (χ1n) is 6.47. The summed E-state index contributed by atoms with van der Waals surface area (Å²) < 4.78 is 10.2. The number of hydrogen-bond donors (Lipinski definition) is 1. The fourth-order valence-electron chi connectivity index (χ4n) is 2.86. The summed E-state index contributed by atoms with van der Waals surface area (Å²) >= 11 is 0. The summed E-state index contributed by atoms with van der Waals surface area (Å²) in [6.07, 6.45) is 3.25. The summed E-state index contributed by atoms with van der Waals surface area (Å²) in [5.74, 6) is 0. The van der Waals surface area contributed by atoms with Gasteiger partial charge in [-0.2, -0.15) is 9.42 Å². The molecule has 16 heavy (non-hydrogen) atoms. The molecule has 0 aromatic rings. The Kier molecular flexibility index (Phi) is 3.87. The highest BCUT2D eigenvalue weighted by molar-refractivity contribution is 7.61. The van der Waals surface area contributed by atoms with Crippen LogP contribution in [0.1, 0.15) is 40.0 Å². The van der Waals surface area contributed by atoms with E-state index in [-0.39, 0.29) is 0 Å². The molecule has 4 nitrogen and oxygen atoms in total. The summed E-state index contributed by atoms with van der Waals surface area (Å²) in [6.45, 7) is 9.19. The van der Waals surface area contributed by atoms with Gasteiger partial charge in [0.25, 0.3) is 0 Å². The van der Waals surface area contributed by atoms with Gasteiger partial charge in [-0.1, -0.05) is 20.8 Å². The molecule has 2 atom stereocenters. The fraction of sp³-hybridized carbons (Fsp3) is 1.00. The summed E-state index contributed by atoms with van der Waals surface area (Å²) in [4.78, 5) is 10.8. The van der Waals surface area contributed by atoms with Crippen molar-refractivity contribution in [1.29, 1.82) is 0 Å². The molecule has 2 unspecified atom stereocenters. The van der Waals surface area contributed by atoms with Crippen molar-refractivity contribution in [2.24, 2.45) is 0 Å². The SMILES string of the molecule is CCC(CC)N1CCN2C(CC)CO[P+]12O. The fourth-order valence-corrected chi connectivity index (χ4v) is 5.93. The van der Waals surface area contributed by atoms with Crippen molar-refractivity contribution in [3.05, 3.63) is 0 Å². The molecule has 0 aromatic heterocycles. The van der Waals surface area contributed by atoms with Gasteiger partial charge < -0.3 is 0 Å². The maximum atomic E-state index is 10.8. The molecule has 1 N–H and O–H groups in total. The molecule has 2 aliphatic rings. The first kappa shape index (κ1) is 12.7. The molecule has 94 valence electrons. The highest BCUT2D eigenvalue weighted by atomic mass is 31.2. The Balaban J connectivity index is 2.14. The van der Waals surface area contributed by atoms with E-state index in [1.54, 1.807) is 0 Å². The lowest BCUT2D eigenvalue weighted by atomic mass is 10.2. The van der Waals surface area contributed by atoms with Crippen molar-refractivity contribution in [1.82, 2.24) is 9.34 Å². The molecular weight excluding hydrogens is 223 g/mol. The van der Waals surface area contributed by atoms with Crippen LogP contribution in [0.2, 0.25) is 0 Å². The van der Waals surface area contributed by atoms with Crippen LogP contribution in [0.3, 0.4) is 0 Å². The van der Waals surface area contributed by atoms with Gasteiger partial charge in [-0.05, 0) is 19.3 Å². The minimum atomic E-state index is -2.39. The Labute approximate surface area is 99.2 Å². The van der Waals surface area contributed by atoms with Gasteiger partial charge in [0.1, 0.15) is 6.61 Å². The summed E-state index contributed by atoms with van der Waals surface area (Å²) in [6, 6.07) is 0.900. The van der Waals surface area contributed by atoms with Crippen molar-refractivity contribution < 1.29 is 9.42 Å². The molecule has 2 rings (SSSR count). The quantitative estimate of drug-likeness (QED) is 0.773. The zero-order valence-electron chi connectivity index (χ0n) is 10.6. The number of rotatable bonds is 4. The van der Waals surface area contributed by atoms with E-state index in [1.807, 2.05) is 0 Å². The molecule has 0 spiro atoms. The molecule has 5 heteroatoms. The van der Waals surface area contributed by atoms with Crippen molar-refractivity contribution in [2.45, 2.75) is 52.1 Å². The summed E-state index contributed by atoms with van der Waals surface area (Å²) in [7, 11) is -2.39. The average Bonchev–Trinajstić information content (AvgIpc) is 2.77. The van der Waals surface area contributed by atoms with Gasteiger partial charge in [-0.15, -0.1) is 9.34 Å². The lowest BCUT2D eigenvalue weighted by Crippen LogP contribution is -2.32. The van der Waals surface area contributed by atoms with Crippen LogP contribution in [0.25, 0.3) is 0 Å². The number of fused-ring (bicyclic) bond motifs is 1. The van der Waals surface area contributed by atoms with Crippen LogP contribution in [0.15, 0.2) is 0 Å². The van der Waals surface area contributed by atoms with Crippen LogP contribution in [0.4, 0.5) is 0 Å². The second kappa shape index (κ2) is 4.87. The molecule has 0 bridgehead atoms. The Morgan fingerprint density at radius 3 is 2.56 bits per heavy atom. The Hall–Kier alpha value is 0.270. The molecule has 2 heterocycles. The van der Waals surface area contributed by atoms with Crippen LogP contribution in [0.5, 0.6) is 0 Å². The predicted molar refractivity (Wildman–Crippen MR) is 67.0 cm³/mol. The van der Waals surface area contributed by atoms with Crippen LogP contribution < -0.4 is 0 Å². The zero-order valence-corrected chi connectivity index (χ0v) is 11.5. The average molecular weight is 247 g/mol. The van der Waals surface area contributed by atoms with Crippen molar-refractivity contribution in [3.8, 4) is 0 Å². The van der Waals surface area contributed by atoms with E-state index < -0.39 is 8.02 Å². The van der Waals surface area contributed by atoms with E-state index in [9.17, 15) is 4.89 Å². The van der Waals surface area contributed by atoms with E-state index >= 15 is 0 Å². The van der Waals surface area contributed by atoms with Gasteiger partial charge in [-0.3, -0.25) is 0 Å². The van der Waals surface area contributed by atoms with Crippen molar-refractivity contribution in [2.75, 3.05) is 19.7 Å². The second-order valence-electron chi connectivity index (χ2n) is 4.67. The normalized spacial score (nSPS) is 36.2. The van der Waals surface area contributed by atoms with Crippen LogP contribution in [0, 0.1) is 0 Å². The molecular formula is C11H24N2O2P+. The molecule has 2 saturated heterocycles. The van der Waals surface area contributed by atoms with Crippen LogP contribution >= 0.6 is 8.02 Å². The summed E-state index contributed by atoms with van der Waals surface area (Å²) in [5.41, 5.74) is 0. The topological polar surface area (TPSA) is 35.9 Å². The van der Waals surface area contributed by atoms with Gasteiger partial charge in [-0.25, -0.2) is 0 Å². The third-order valence-corrected chi connectivity index (χ3v) is 6.81. The van der Waals surface area contributed by atoms with Crippen LogP contribution in [-0.4, -0.2) is 46.0 Å². The lowest BCUT2D eigenvalue weighted by Gasteiger charge is -2.27. The first-order valence-corrected chi connectivity index (χ1v) is 8.04. The molecule has 2 fully saturated rings. The predicted octanol–water partition coefficient (Wildman–Crippen LogP) is 2.27. The van der Waals surface area contributed by atoms with E-state index in [4.69, 9.17) is 4.52 Å². The zero-order chi connectivity index (χ0) is 11.8. The van der Waals surface area contributed by atoms with Gasteiger partial charge in [0, 0.05) is 0 Å². The molecule has 0 saturated carbocycles. The molecule has 0 amide bonds. The highest BCUT2D eigenvalue weighted by Crippen LogP contribution is 2.70. The Morgan fingerprint density at radius 1 is 1.31 bits per heavy atom. The van der Waals surface area contributed by atoms with Gasteiger partial charge in [0.05, 0.1) is 25.2 Å². The molecule has 0 radical (unpaired) electrons. The largest absolute Gasteiger partial charge is 0.434 e. The lowest BCUT2D eigenvalue weighted by molar-refractivity contribution is 0.225. The van der Waals surface area contributed by atoms with Gasteiger partial charge >= 0.3 is 8.02 Å². The van der Waals surface area contributed by atoms with Crippen molar-refractivity contribution in [3.63, 3.8) is 0 Å². The van der Waals surface area contributed by atoms with E-state index in [0.717, 1.165) is 32.4 Å². The Bertz CT molecular complexity index is 250. The standard InChI is InChI=1S/C11H24N2O2P/c1-4-10(5-2)12-7-8-13-11(6-3)9-15-16(12,13)14/h10-11,14H,4-9H2,1-3H3/q+1. The van der Waals surface area contributed by atoms with E-state index in [1.165, 1.54) is 0 Å². The Morgan fingerprint density at radius 2 is 2.00 bits per heavy atom. The third-order valence-electron chi connectivity index (χ3n) is 3.92. The number of hydrogen-bond acceptors (Lipinski definition) is 4. The van der Waals surface area contributed by atoms with E-state index in [2.05, 4.69) is 30.1 Å². The minimum Gasteiger partial charge on any atom is -0.187 e. The molecule has 2 aliphatic heterocycles. The molecule has 0 aliphatic carbocycles. The molecule has 0 aromatic carbocycles. The maximum absolute atomic E-state index is 10.8. The second-order valence-corrected chi connectivity index (χ2v) is 6.98. The number of nitrogens with zero attached hydrogens (tertiary/aromatic N) is 2. The van der Waals surface area contributed by atoms with Crippen LogP contribution in [-0.2, 0) is 4.52 Å². The van der Waals surface area contributed by atoms with Gasteiger partial charge in [0.2, 0.25) is 0 Å². The first-order chi connectivity index (χ1) is 7.67. The van der Waals surface area contributed by atoms with E-state index in [0.29, 0.717) is 18.7 Å². The van der Waals surface area contributed by atoms with Gasteiger partial charge in [0.15, 0.2) is 0 Å².